The Hall–Kier alpha value is -0.130. The van der Waals surface area contributed by atoms with Crippen molar-refractivity contribution in [2.45, 2.75) is 23.7 Å². The normalized spacial score (nSPS) is 13.2. The van der Waals surface area contributed by atoms with E-state index in [4.69, 9.17) is 0 Å². The van der Waals surface area contributed by atoms with E-state index in [0.29, 0.717) is 6.04 Å². The Bertz CT molecular complexity index is 200. The molecule has 1 rings (SSSR count). The van der Waals surface area contributed by atoms with E-state index in [2.05, 4.69) is 22.4 Å². The molecule has 0 saturated carbocycles. The van der Waals surface area contributed by atoms with E-state index >= 15 is 0 Å². The van der Waals surface area contributed by atoms with Crippen LogP contribution in [-0.2, 0) is 0 Å². The van der Waals surface area contributed by atoms with Crippen molar-refractivity contribution >= 4 is 23.1 Å². The smallest absolute Gasteiger partial charge is 0.174 e. The molecule has 0 spiro atoms. The first kappa shape index (κ1) is 9.95. The molecule has 1 atom stereocenters. The van der Waals surface area contributed by atoms with Gasteiger partial charge in [0.15, 0.2) is 4.34 Å². The second kappa shape index (κ2) is 5.50. The van der Waals surface area contributed by atoms with Gasteiger partial charge in [-0.05, 0) is 20.4 Å². The molecule has 3 nitrogen and oxygen atoms in total. The number of aromatic nitrogens is 2. The Kier molecular flexibility index (Phi) is 4.57. The van der Waals surface area contributed by atoms with Crippen LogP contribution in [0.3, 0.4) is 0 Å². The fourth-order valence-electron chi connectivity index (χ4n) is 0.693. The van der Waals surface area contributed by atoms with Crippen molar-refractivity contribution in [1.29, 1.82) is 0 Å². The highest BCUT2D eigenvalue weighted by Crippen LogP contribution is 2.19. The lowest BCUT2D eigenvalue weighted by atomic mass is 10.3. The monoisotopic (exact) mass is 203 g/mol. The van der Waals surface area contributed by atoms with Gasteiger partial charge in [-0.15, -0.1) is 10.2 Å². The third-order valence-electron chi connectivity index (χ3n) is 1.61. The van der Waals surface area contributed by atoms with Crippen molar-refractivity contribution in [2.24, 2.45) is 0 Å². The van der Waals surface area contributed by atoms with E-state index in [1.54, 1.807) is 28.6 Å². The molecule has 0 aliphatic carbocycles. The van der Waals surface area contributed by atoms with E-state index in [1.807, 2.05) is 7.05 Å². The summed E-state index contributed by atoms with van der Waals surface area (Å²) in [6.07, 6.45) is 1.17. The van der Waals surface area contributed by atoms with Gasteiger partial charge < -0.3 is 5.32 Å². The van der Waals surface area contributed by atoms with Crippen LogP contribution in [0.1, 0.15) is 13.3 Å². The van der Waals surface area contributed by atoms with Crippen LogP contribution >= 0.6 is 23.1 Å². The molecular formula is C7H13N3S2. The zero-order valence-corrected chi connectivity index (χ0v) is 8.91. The molecule has 5 heteroatoms. The minimum atomic E-state index is 0.588. The molecule has 1 heterocycles. The molecule has 1 aromatic rings. The summed E-state index contributed by atoms with van der Waals surface area (Å²) in [5, 5.41) is 10.9. The molecule has 0 fully saturated rings. The SMILES string of the molecule is CNC(C)CCSc1nncs1. The molecule has 0 aliphatic rings. The maximum Gasteiger partial charge on any atom is 0.174 e. The second-order valence-corrected chi connectivity index (χ2v) is 4.71. The minimum Gasteiger partial charge on any atom is -0.317 e. The summed E-state index contributed by atoms with van der Waals surface area (Å²) in [6, 6.07) is 0.588. The van der Waals surface area contributed by atoms with Gasteiger partial charge in [0.1, 0.15) is 5.51 Å². The molecule has 0 bridgehead atoms. The Morgan fingerprint density at radius 3 is 3.17 bits per heavy atom. The number of hydrogen-bond acceptors (Lipinski definition) is 5. The lowest BCUT2D eigenvalue weighted by Crippen LogP contribution is -2.21. The molecule has 1 unspecified atom stereocenters. The van der Waals surface area contributed by atoms with Gasteiger partial charge in [0.25, 0.3) is 0 Å². The fraction of sp³-hybridized carbons (Fsp3) is 0.714. The molecule has 1 aromatic heterocycles. The molecule has 0 aliphatic heterocycles. The average Bonchev–Trinajstić information content (AvgIpc) is 2.57. The van der Waals surface area contributed by atoms with Crippen LogP contribution in [-0.4, -0.2) is 29.0 Å². The van der Waals surface area contributed by atoms with Crippen LogP contribution in [0.15, 0.2) is 9.85 Å². The zero-order valence-electron chi connectivity index (χ0n) is 7.28. The topological polar surface area (TPSA) is 37.8 Å². The number of nitrogens with one attached hydrogen (secondary N) is 1. The number of hydrogen-bond donors (Lipinski definition) is 1. The van der Waals surface area contributed by atoms with E-state index in [-0.39, 0.29) is 0 Å². The van der Waals surface area contributed by atoms with E-state index in [1.165, 1.54) is 6.42 Å². The van der Waals surface area contributed by atoms with Gasteiger partial charge in [0, 0.05) is 11.8 Å². The molecule has 1 N–H and O–H groups in total. The van der Waals surface area contributed by atoms with Gasteiger partial charge >= 0.3 is 0 Å². The summed E-state index contributed by atoms with van der Waals surface area (Å²) < 4.78 is 1.07. The number of thioether (sulfide) groups is 1. The molecule has 12 heavy (non-hydrogen) atoms. The molecule has 68 valence electrons. The Morgan fingerprint density at radius 2 is 2.58 bits per heavy atom. The predicted molar refractivity (Wildman–Crippen MR) is 53.8 cm³/mol. The summed E-state index contributed by atoms with van der Waals surface area (Å²) >= 11 is 3.38. The lowest BCUT2D eigenvalue weighted by Gasteiger charge is -2.07. The first-order valence-corrected chi connectivity index (χ1v) is 5.75. The molecule has 0 radical (unpaired) electrons. The van der Waals surface area contributed by atoms with Crippen LogP contribution in [0.25, 0.3) is 0 Å². The minimum absolute atomic E-state index is 0.588. The van der Waals surface area contributed by atoms with Crippen molar-refractivity contribution in [1.82, 2.24) is 15.5 Å². The van der Waals surface area contributed by atoms with E-state index in [9.17, 15) is 0 Å². The van der Waals surface area contributed by atoms with Crippen molar-refractivity contribution in [3.63, 3.8) is 0 Å². The number of rotatable bonds is 5. The Balaban J connectivity index is 2.11. The number of nitrogens with zero attached hydrogens (tertiary/aromatic N) is 2. The van der Waals surface area contributed by atoms with E-state index < -0.39 is 0 Å². The van der Waals surface area contributed by atoms with Gasteiger partial charge in [-0.3, -0.25) is 0 Å². The predicted octanol–water partition coefficient (Wildman–Crippen LogP) is 1.63. The van der Waals surface area contributed by atoms with Crippen LogP contribution < -0.4 is 5.32 Å². The highest BCUT2D eigenvalue weighted by Gasteiger charge is 2.00. The van der Waals surface area contributed by atoms with E-state index in [0.717, 1.165) is 10.1 Å². The zero-order chi connectivity index (χ0) is 8.81. The largest absolute Gasteiger partial charge is 0.317 e. The second-order valence-electron chi connectivity index (χ2n) is 2.53. The molecule has 0 amide bonds. The van der Waals surface area contributed by atoms with Crippen LogP contribution in [0.2, 0.25) is 0 Å². The molecule has 0 saturated heterocycles. The highest BCUT2D eigenvalue weighted by molar-refractivity contribution is 8.00. The summed E-state index contributed by atoms with van der Waals surface area (Å²) in [5.41, 5.74) is 1.77. The van der Waals surface area contributed by atoms with Crippen LogP contribution in [0.4, 0.5) is 0 Å². The van der Waals surface area contributed by atoms with Crippen molar-refractivity contribution in [2.75, 3.05) is 12.8 Å². The summed E-state index contributed by atoms with van der Waals surface area (Å²) in [4.78, 5) is 0. The van der Waals surface area contributed by atoms with Gasteiger partial charge in [-0.1, -0.05) is 23.1 Å². The third kappa shape index (κ3) is 3.51. The quantitative estimate of drug-likeness (QED) is 0.738. The summed E-state index contributed by atoms with van der Waals surface area (Å²) in [6.45, 7) is 2.18. The molecule has 0 aromatic carbocycles. The summed E-state index contributed by atoms with van der Waals surface area (Å²) in [5.74, 6) is 1.11. The standard InChI is InChI=1S/C7H13N3S2/c1-6(8-2)3-4-11-7-10-9-5-12-7/h5-6,8H,3-4H2,1-2H3. The van der Waals surface area contributed by atoms with Gasteiger partial charge in [-0.2, -0.15) is 0 Å². The van der Waals surface area contributed by atoms with Crippen LogP contribution in [0, 0.1) is 0 Å². The van der Waals surface area contributed by atoms with Gasteiger partial charge in [-0.25, -0.2) is 0 Å². The highest BCUT2D eigenvalue weighted by atomic mass is 32.2. The van der Waals surface area contributed by atoms with Crippen molar-refractivity contribution < 1.29 is 0 Å². The Morgan fingerprint density at radius 1 is 1.75 bits per heavy atom. The fourth-order valence-corrected chi connectivity index (χ4v) is 2.37. The van der Waals surface area contributed by atoms with Crippen LogP contribution in [0.5, 0.6) is 0 Å². The third-order valence-corrected chi connectivity index (χ3v) is 3.50. The Labute approximate surface area is 81.0 Å². The maximum absolute atomic E-state index is 3.95. The van der Waals surface area contributed by atoms with Gasteiger partial charge in [0.05, 0.1) is 0 Å². The summed E-state index contributed by atoms with van der Waals surface area (Å²) in [7, 11) is 1.99. The first-order valence-electron chi connectivity index (χ1n) is 3.89. The van der Waals surface area contributed by atoms with Crippen molar-refractivity contribution in [3.05, 3.63) is 5.51 Å². The lowest BCUT2D eigenvalue weighted by molar-refractivity contribution is 0.597. The van der Waals surface area contributed by atoms with Crippen molar-refractivity contribution in [3.8, 4) is 0 Å². The molecular weight excluding hydrogens is 190 g/mol. The first-order chi connectivity index (χ1) is 5.83. The average molecular weight is 203 g/mol. The van der Waals surface area contributed by atoms with Gasteiger partial charge in [0.2, 0.25) is 0 Å². The maximum atomic E-state index is 3.95.